The van der Waals surface area contributed by atoms with E-state index < -0.39 is 0 Å². The lowest BCUT2D eigenvalue weighted by Crippen LogP contribution is -2.34. The normalized spacial score (nSPS) is 35.4. The standard InChI is InChI=1S/C8H17NS/c1-3-8-7(2)10-6-4-5-9-8/h7-9H,3-6H2,1-2H3. The molecule has 2 atom stereocenters. The van der Waals surface area contributed by atoms with Crippen molar-refractivity contribution in [3.63, 3.8) is 0 Å². The van der Waals surface area contributed by atoms with Crippen LogP contribution in [0.5, 0.6) is 0 Å². The van der Waals surface area contributed by atoms with Gasteiger partial charge < -0.3 is 5.32 Å². The molecular formula is C8H17NS. The van der Waals surface area contributed by atoms with E-state index in [0.717, 1.165) is 11.3 Å². The summed E-state index contributed by atoms with van der Waals surface area (Å²) in [5, 5.41) is 4.37. The Morgan fingerprint density at radius 1 is 1.60 bits per heavy atom. The van der Waals surface area contributed by atoms with Gasteiger partial charge in [0.1, 0.15) is 0 Å². The molecule has 0 saturated carbocycles. The Bertz CT molecular complexity index is 95.3. The molecule has 0 aromatic heterocycles. The maximum atomic E-state index is 3.56. The monoisotopic (exact) mass is 159 g/mol. The fourth-order valence-electron chi connectivity index (χ4n) is 1.39. The Labute approximate surface area is 68.0 Å². The summed E-state index contributed by atoms with van der Waals surface area (Å²) in [4.78, 5) is 0. The van der Waals surface area contributed by atoms with Crippen molar-refractivity contribution in [2.75, 3.05) is 12.3 Å². The summed E-state index contributed by atoms with van der Waals surface area (Å²) >= 11 is 2.11. The van der Waals surface area contributed by atoms with Gasteiger partial charge in [-0.3, -0.25) is 0 Å². The van der Waals surface area contributed by atoms with Crippen molar-refractivity contribution in [3.05, 3.63) is 0 Å². The Hall–Kier alpha value is 0.310. The van der Waals surface area contributed by atoms with Crippen molar-refractivity contribution in [3.8, 4) is 0 Å². The van der Waals surface area contributed by atoms with Crippen LogP contribution in [0.2, 0.25) is 0 Å². The molecule has 1 saturated heterocycles. The third-order valence-corrected chi connectivity index (χ3v) is 3.49. The van der Waals surface area contributed by atoms with Gasteiger partial charge in [0, 0.05) is 11.3 Å². The minimum atomic E-state index is 0.757. The summed E-state index contributed by atoms with van der Waals surface area (Å²) in [5.41, 5.74) is 0. The first kappa shape index (κ1) is 8.41. The highest BCUT2D eigenvalue weighted by atomic mass is 32.2. The maximum absolute atomic E-state index is 3.56. The molecule has 0 spiro atoms. The quantitative estimate of drug-likeness (QED) is 0.627. The van der Waals surface area contributed by atoms with Crippen molar-refractivity contribution < 1.29 is 0 Å². The van der Waals surface area contributed by atoms with Crippen LogP contribution in [0.1, 0.15) is 26.7 Å². The molecule has 0 bridgehead atoms. The molecule has 1 heterocycles. The Morgan fingerprint density at radius 3 is 3.10 bits per heavy atom. The van der Waals surface area contributed by atoms with E-state index in [2.05, 4.69) is 30.9 Å². The molecule has 1 nitrogen and oxygen atoms in total. The second-order valence-electron chi connectivity index (χ2n) is 2.90. The highest BCUT2D eigenvalue weighted by molar-refractivity contribution is 7.99. The van der Waals surface area contributed by atoms with E-state index in [9.17, 15) is 0 Å². The van der Waals surface area contributed by atoms with Crippen molar-refractivity contribution in [1.29, 1.82) is 0 Å². The van der Waals surface area contributed by atoms with E-state index in [-0.39, 0.29) is 0 Å². The second kappa shape index (κ2) is 4.24. The molecule has 0 aromatic rings. The zero-order chi connectivity index (χ0) is 7.40. The van der Waals surface area contributed by atoms with Crippen LogP contribution < -0.4 is 5.32 Å². The third-order valence-electron chi connectivity index (χ3n) is 2.11. The van der Waals surface area contributed by atoms with Crippen LogP contribution in [0.15, 0.2) is 0 Å². The van der Waals surface area contributed by atoms with Crippen LogP contribution in [-0.4, -0.2) is 23.6 Å². The SMILES string of the molecule is CCC1NCCCSC1C. The fourth-order valence-corrected chi connectivity index (χ4v) is 2.59. The van der Waals surface area contributed by atoms with Crippen LogP contribution >= 0.6 is 11.8 Å². The lowest BCUT2D eigenvalue weighted by Gasteiger charge is -2.19. The van der Waals surface area contributed by atoms with Crippen LogP contribution in [0, 0.1) is 0 Å². The van der Waals surface area contributed by atoms with Gasteiger partial charge >= 0.3 is 0 Å². The van der Waals surface area contributed by atoms with Gasteiger partial charge in [-0.1, -0.05) is 13.8 Å². The molecule has 10 heavy (non-hydrogen) atoms. The fraction of sp³-hybridized carbons (Fsp3) is 1.00. The summed E-state index contributed by atoms with van der Waals surface area (Å²) in [6, 6.07) is 0.757. The van der Waals surface area contributed by atoms with Gasteiger partial charge in [0.05, 0.1) is 0 Å². The number of nitrogens with one attached hydrogen (secondary N) is 1. The van der Waals surface area contributed by atoms with Crippen molar-refractivity contribution >= 4 is 11.8 Å². The molecule has 0 radical (unpaired) electrons. The number of hydrogen-bond donors (Lipinski definition) is 1. The Balaban J connectivity index is 2.35. The van der Waals surface area contributed by atoms with E-state index in [1.54, 1.807) is 0 Å². The zero-order valence-electron chi connectivity index (χ0n) is 6.89. The number of thioether (sulfide) groups is 1. The van der Waals surface area contributed by atoms with Crippen molar-refractivity contribution in [1.82, 2.24) is 5.32 Å². The second-order valence-corrected chi connectivity index (χ2v) is 4.38. The molecule has 2 unspecified atom stereocenters. The molecule has 2 heteroatoms. The Morgan fingerprint density at radius 2 is 2.40 bits per heavy atom. The largest absolute Gasteiger partial charge is 0.313 e. The first-order valence-electron chi connectivity index (χ1n) is 4.19. The van der Waals surface area contributed by atoms with E-state index in [1.807, 2.05) is 0 Å². The summed E-state index contributed by atoms with van der Waals surface area (Å²) < 4.78 is 0. The lowest BCUT2D eigenvalue weighted by molar-refractivity contribution is 0.504. The van der Waals surface area contributed by atoms with Gasteiger partial charge in [-0.25, -0.2) is 0 Å². The van der Waals surface area contributed by atoms with Gasteiger partial charge in [-0.2, -0.15) is 11.8 Å². The molecule has 0 aromatic carbocycles. The predicted molar refractivity (Wildman–Crippen MR) is 48.6 cm³/mol. The first-order chi connectivity index (χ1) is 4.84. The van der Waals surface area contributed by atoms with E-state index in [1.165, 1.54) is 25.1 Å². The highest BCUT2D eigenvalue weighted by Gasteiger charge is 2.16. The van der Waals surface area contributed by atoms with Gasteiger partial charge in [0.2, 0.25) is 0 Å². The topological polar surface area (TPSA) is 12.0 Å². The summed E-state index contributed by atoms with van der Waals surface area (Å²) in [5.74, 6) is 1.34. The molecule has 0 aliphatic carbocycles. The molecular weight excluding hydrogens is 142 g/mol. The molecule has 1 fully saturated rings. The maximum Gasteiger partial charge on any atom is 0.0181 e. The summed E-state index contributed by atoms with van der Waals surface area (Å²) in [6.45, 7) is 5.81. The zero-order valence-corrected chi connectivity index (χ0v) is 7.71. The average molecular weight is 159 g/mol. The molecule has 60 valence electrons. The van der Waals surface area contributed by atoms with Crippen LogP contribution in [-0.2, 0) is 0 Å². The van der Waals surface area contributed by atoms with Crippen LogP contribution in [0.25, 0.3) is 0 Å². The number of rotatable bonds is 1. The van der Waals surface area contributed by atoms with Gasteiger partial charge in [-0.15, -0.1) is 0 Å². The molecule has 0 amide bonds. The highest BCUT2D eigenvalue weighted by Crippen LogP contribution is 2.19. The third kappa shape index (κ3) is 2.17. The van der Waals surface area contributed by atoms with Crippen LogP contribution in [0.3, 0.4) is 0 Å². The molecule has 1 N–H and O–H groups in total. The predicted octanol–water partition coefficient (Wildman–Crippen LogP) is 1.88. The average Bonchev–Trinajstić information content (AvgIpc) is 2.13. The Kier molecular flexibility index (Phi) is 3.57. The molecule has 1 aliphatic heterocycles. The van der Waals surface area contributed by atoms with Crippen molar-refractivity contribution in [2.24, 2.45) is 0 Å². The van der Waals surface area contributed by atoms with Crippen LogP contribution in [0.4, 0.5) is 0 Å². The van der Waals surface area contributed by atoms with Gasteiger partial charge in [0.15, 0.2) is 0 Å². The smallest absolute Gasteiger partial charge is 0.0181 e. The summed E-state index contributed by atoms with van der Waals surface area (Å²) in [7, 11) is 0. The molecule has 1 rings (SSSR count). The van der Waals surface area contributed by atoms with E-state index >= 15 is 0 Å². The lowest BCUT2D eigenvalue weighted by atomic mass is 10.1. The summed E-state index contributed by atoms with van der Waals surface area (Å²) in [6.07, 6.45) is 2.61. The number of hydrogen-bond acceptors (Lipinski definition) is 2. The minimum Gasteiger partial charge on any atom is -0.313 e. The van der Waals surface area contributed by atoms with Gasteiger partial charge in [0.25, 0.3) is 0 Å². The van der Waals surface area contributed by atoms with Crippen molar-refractivity contribution in [2.45, 2.75) is 38.0 Å². The van der Waals surface area contributed by atoms with E-state index in [4.69, 9.17) is 0 Å². The van der Waals surface area contributed by atoms with E-state index in [0.29, 0.717) is 0 Å². The minimum absolute atomic E-state index is 0.757. The molecule has 1 aliphatic rings. The first-order valence-corrected chi connectivity index (χ1v) is 5.24. The van der Waals surface area contributed by atoms with Gasteiger partial charge in [-0.05, 0) is 25.1 Å².